The molecule has 1 aliphatic heterocycles. The van der Waals surface area contributed by atoms with Gasteiger partial charge in [0.05, 0.1) is 18.1 Å². The molecule has 0 amide bonds. The molecule has 1 heterocycles. The number of esters is 1. The Morgan fingerprint density at radius 2 is 1.95 bits per heavy atom. The molecule has 0 aromatic rings. The fraction of sp³-hybridized carbons (Fsp3) is 0.667. The second kappa shape index (κ2) is 5.47. The Hall–Kier alpha value is -1.13. The Balaban J connectivity index is 2.35. The molecule has 1 fully saturated rings. The molecule has 0 saturated carbocycles. The van der Waals surface area contributed by atoms with Gasteiger partial charge in [0.1, 0.15) is 6.10 Å². The van der Waals surface area contributed by atoms with E-state index in [9.17, 15) is 15.0 Å². The van der Waals surface area contributed by atoms with E-state index in [0.717, 1.165) is 17.6 Å². The number of rotatable bonds is 0. The molecule has 0 aromatic carbocycles. The molecular weight excluding hydrogens is 244 g/mol. The Labute approximate surface area is 113 Å². The predicted molar refractivity (Wildman–Crippen MR) is 71.3 cm³/mol. The molecule has 4 heteroatoms. The van der Waals surface area contributed by atoms with Crippen LogP contribution >= 0.6 is 0 Å². The van der Waals surface area contributed by atoms with Gasteiger partial charge in [-0.25, -0.2) is 0 Å². The van der Waals surface area contributed by atoms with Crippen molar-refractivity contribution in [3.05, 3.63) is 23.3 Å². The summed E-state index contributed by atoms with van der Waals surface area (Å²) in [6.45, 7) is 5.56. The molecule has 0 spiro atoms. The topological polar surface area (TPSA) is 66.8 Å². The highest BCUT2D eigenvalue weighted by Gasteiger charge is 2.44. The van der Waals surface area contributed by atoms with Crippen molar-refractivity contribution in [3.8, 4) is 0 Å². The van der Waals surface area contributed by atoms with E-state index in [1.807, 2.05) is 19.9 Å². The number of aliphatic hydroxyl groups excluding tert-OH is 2. The van der Waals surface area contributed by atoms with Gasteiger partial charge in [0.25, 0.3) is 0 Å². The van der Waals surface area contributed by atoms with E-state index in [2.05, 4.69) is 0 Å². The smallest absolute Gasteiger partial charge is 0.309 e. The quantitative estimate of drug-likeness (QED) is 0.516. The van der Waals surface area contributed by atoms with Gasteiger partial charge in [-0.3, -0.25) is 4.79 Å². The van der Waals surface area contributed by atoms with Crippen molar-refractivity contribution in [1.29, 1.82) is 0 Å². The van der Waals surface area contributed by atoms with Crippen LogP contribution in [0.25, 0.3) is 0 Å². The molecule has 0 bridgehead atoms. The van der Waals surface area contributed by atoms with Crippen LogP contribution in [-0.4, -0.2) is 34.5 Å². The van der Waals surface area contributed by atoms with Crippen LogP contribution in [0.4, 0.5) is 0 Å². The van der Waals surface area contributed by atoms with E-state index in [0.29, 0.717) is 6.42 Å². The van der Waals surface area contributed by atoms with Crippen molar-refractivity contribution in [3.63, 3.8) is 0 Å². The van der Waals surface area contributed by atoms with Crippen LogP contribution in [0.1, 0.15) is 33.6 Å². The summed E-state index contributed by atoms with van der Waals surface area (Å²) in [6, 6.07) is 0. The van der Waals surface area contributed by atoms with Gasteiger partial charge >= 0.3 is 5.97 Å². The van der Waals surface area contributed by atoms with Gasteiger partial charge in [0.2, 0.25) is 0 Å². The highest BCUT2D eigenvalue weighted by atomic mass is 16.6. The first kappa shape index (κ1) is 14.3. The van der Waals surface area contributed by atoms with Crippen molar-refractivity contribution >= 4 is 5.97 Å². The highest BCUT2D eigenvalue weighted by Crippen LogP contribution is 2.34. The lowest BCUT2D eigenvalue weighted by Gasteiger charge is -2.24. The van der Waals surface area contributed by atoms with Crippen LogP contribution < -0.4 is 0 Å². The van der Waals surface area contributed by atoms with E-state index in [4.69, 9.17) is 4.74 Å². The van der Waals surface area contributed by atoms with E-state index >= 15 is 0 Å². The Morgan fingerprint density at radius 3 is 2.63 bits per heavy atom. The minimum atomic E-state index is -0.775. The Bertz CT molecular complexity index is 424. The first-order valence-electron chi connectivity index (χ1n) is 6.82. The molecule has 2 rings (SSSR count). The highest BCUT2D eigenvalue weighted by molar-refractivity contribution is 5.75. The maximum absolute atomic E-state index is 11.7. The largest absolute Gasteiger partial charge is 0.457 e. The second-order valence-corrected chi connectivity index (χ2v) is 5.74. The van der Waals surface area contributed by atoms with Gasteiger partial charge in [-0.15, -0.1) is 0 Å². The zero-order chi connectivity index (χ0) is 14.2. The van der Waals surface area contributed by atoms with E-state index in [1.165, 1.54) is 0 Å². The second-order valence-electron chi connectivity index (χ2n) is 5.74. The van der Waals surface area contributed by atoms with Crippen LogP contribution in [0.5, 0.6) is 0 Å². The zero-order valence-corrected chi connectivity index (χ0v) is 11.7. The summed E-state index contributed by atoms with van der Waals surface area (Å²) in [6.07, 6.45) is 3.28. The van der Waals surface area contributed by atoms with E-state index < -0.39 is 12.2 Å². The molecule has 5 unspecified atom stereocenters. The fourth-order valence-electron chi connectivity index (χ4n) is 2.84. The summed E-state index contributed by atoms with van der Waals surface area (Å²) in [7, 11) is 0. The number of hydrogen-bond acceptors (Lipinski definition) is 4. The lowest BCUT2D eigenvalue weighted by atomic mass is 9.83. The summed E-state index contributed by atoms with van der Waals surface area (Å²) in [5.41, 5.74) is 1.84. The molecular formula is C15H22O4. The maximum Gasteiger partial charge on any atom is 0.309 e. The molecule has 0 radical (unpaired) electrons. The zero-order valence-electron chi connectivity index (χ0n) is 11.7. The monoisotopic (exact) mass is 266 g/mol. The molecule has 106 valence electrons. The summed E-state index contributed by atoms with van der Waals surface area (Å²) >= 11 is 0. The third-order valence-electron chi connectivity index (χ3n) is 4.20. The van der Waals surface area contributed by atoms with Gasteiger partial charge < -0.3 is 14.9 Å². The van der Waals surface area contributed by atoms with Crippen molar-refractivity contribution in [2.24, 2.45) is 11.8 Å². The van der Waals surface area contributed by atoms with Crippen LogP contribution in [0, 0.1) is 11.8 Å². The molecule has 19 heavy (non-hydrogen) atoms. The molecule has 2 N–H and O–H groups in total. The Kier molecular flexibility index (Phi) is 4.11. The van der Waals surface area contributed by atoms with E-state index in [-0.39, 0.29) is 23.9 Å². The lowest BCUT2D eigenvalue weighted by Crippen LogP contribution is -2.31. The third-order valence-corrected chi connectivity index (χ3v) is 4.20. The van der Waals surface area contributed by atoms with Gasteiger partial charge in [-0.1, -0.05) is 18.6 Å². The SMILES string of the molecule is CC1=CC2OC(=O)C(C)C2C(O)C=C(C)C(O)CC1. The average molecular weight is 266 g/mol. The fourth-order valence-corrected chi connectivity index (χ4v) is 2.84. The van der Waals surface area contributed by atoms with Gasteiger partial charge in [0.15, 0.2) is 0 Å². The normalized spacial score (nSPS) is 40.1. The number of hydrogen-bond donors (Lipinski definition) is 2. The summed E-state index contributed by atoms with van der Waals surface area (Å²) in [5.74, 6) is -0.865. The maximum atomic E-state index is 11.7. The van der Waals surface area contributed by atoms with Crippen LogP contribution in [-0.2, 0) is 9.53 Å². The van der Waals surface area contributed by atoms with Crippen LogP contribution in [0.2, 0.25) is 0 Å². The van der Waals surface area contributed by atoms with Gasteiger partial charge in [-0.05, 0) is 38.3 Å². The molecule has 1 saturated heterocycles. The Morgan fingerprint density at radius 1 is 1.26 bits per heavy atom. The molecule has 1 aliphatic carbocycles. The molecule has 2 aliphatic rings. The molecule has 0 aromatic heterocycles. The number of allylic oxidation sites excluding steroid dienone is 1. The van der Waals surface area contributed by atoms with Crippen molar-refractivity contribution < 1.29 is 19.7 Å². The van der Waals surface area contributed by atoms with Crippen molar-refractivity contribution in [2.75, 3.05) is 0 Å². The number of aliphatic hydroxyl groups is 2. The number of fused-ring (bicyclic) bond motifs is 1. The molecule has 5 atom stereocenters. The van der Waals surface area contributed by atoms with Gasteiger partial charge in [-0.2, -0.15) is 0 Å². The van der Waals surface area contributed by atoms with Crippen molar-refractivity contribution in [2.45, 2.75) is 51.9 Å². The molecule has 4 nitrogen and oxygen atoms in total. The first-order chi connectivity index (χ1) is 8.90. The van der Waals surface area contributed by atoms with Gasteiger partial charge in [0, 0.05) is 5.92 Å². The lowest BCUT2D eigenvalue weighted by molar-refractivity contribution is -0.142. The number of ether oxygens (including phenoxy) is 1. The van der Waals surface area contributed by atoms with Crippen LogP contribution in [0.15, 0.2) is 23.3 Å². The predicted octanol–water partition coefficient (Wildman–Crippen LogP) is 1.57. The van der Waals surface area contributed by atoms with E-state index in [1.54, 1.807) is 13.0 Å². The minimum Gasteiger partial charge on any atom is -0.457 e. The number of carbonyl (C=O) groups excluding carboxylic acids is 1. The summed E-state index contributed by atoms with van der Waals surface area (Å²) in [4.78, 5) is 11.7. The standard InChI is InChI=1S/C15H22O4/c1-8-4-5-11(16)9(2)7-12(17)14-10(3)15(18)19-13(14)6-8/h6-7,10-14,16-17H,4-5H2,1-3H3. The summed E-state index contributed by atoms with van der Waals surface area (Å²) in [5, 5.41) is 20.3. The first-order valence-corrected chi connectivity index (χ1v) is 6.82. The number of carbonyl (C=O) groups is 1. The summed E-state index contributed by atoms with van der Waals surface area (Å²) < 4.78 is 5.35. The third kappa shape index (κ3) is 2.90. The van der Waals surface area contributed by atoms with Crippen LogP contribution in [0.3, 0.4) is 0 Å². The minimum absolute atomic E-state index is 0.260. The van der Waals surface area contributed by atoms with Crippen molar-refractivity contribution in [1.82, 2.24) is 0 Å². The average Bonchev–Trinajstić information content (AvgIpc) is 2.60.